The number of halogens is 3. The smallest absolute Gasteiger partial charge is 0.262 e. The van der Waals surface area contributed by atoms with Crippen molar-refractivity contribution in [2.75, 3.05) is 25.0 Å². The van der Waals surface area contributed by atoms with E-state index in [1.165, 1.54) is 6.92 Å². The molecule has 1 heterocycles. The van der Waals surface area contributed by atoms with Crippen LogP contribution in [0.5, 0.6) is 5.75 Å². The van der Waals surface area contributed by atoms with Crippen LogP contribution in [0.4, 0.5) is 18.9 Å². The lowest BCUT2D eigenvalue weighted by Gasteiger charge is -2.34. The largest absolute Gasteiger partial charge is 0.483 e. The zero-order valence-corrected chi connectivity index (χ0v) is 23.8. The fourth-order valence-corrected chi connectivity index (χ4v) is 5.10. The normalized spacial score (nSPS) is 14.3. The zero-order valence-electron chi connectivity index (χ0n) is 23.8. The number of carbonyl (C=O) groups is 3. The predicted molar refractivity (Wildman–Crippen MR) is 153 cm³/mol. The second-order valence-electron chi connectivity index (χ2n) is 10.7. The quantitative estimate of drug-likeness (QED) is 0.341. The van der Waals surface area contributed by atoms with Crippen molar-refractivity contribution in [1.29, 1.82) is 0 Å². The van der Waals surface area contributed by atoms with Gasteiger partial charge in [-0.1, -0.05) is 24.3 Å². The lowest BCUT2D eigenvalue weighted by atomic mass is 9.89. The van der Waals surface area contributed by atoms with Gasteiger partial charge in [-0.05, 0) is 85.2 Å². The summed E-state index contributed by atoms with van der Waals surface area (Å²) in [5.74, 6) is -4.52. The minimum absolute atomic E-state index is 0.0670. The molecule has 0 aromatic heterocycles. The van der Waals surface area contributed by atoms with Crippen molar-refractivity contribution >= 4 is 23.4 Å². The lowest BCUT2D eigenvalue weighted by molar-refractivity contribution is -0.137. The van der Waals surface area contributed by atoms with Crippen LogP contribution in [0.25, 0.3) is 0 Å². The van der Waals surface area contributed by atoms with E-state index in [2.05, 4.69) is 10.6 Å². The summed E-state index contributed by atoms with van der Waals surface area (Å²) < 4.78 is 46.4. The van der Waals surface area contributed by atoms with Gasteiger partial charge < -0.3 is 20.3 Å². The molecule has 42 heavy (non-hydrogen) atoms. The molecule has 3 amide bonds. The summed E-state index contributed by atoms with van der Waals surface area (Å²) in [4.78, 5) is 39.0. The summed E-state index contributed by atoms with van der Waals surface area (Å²) in [6, 6.07) is 14.0. The number of benzene rings is 3. The minimum atomic E-state index is -1.58. The molecule has 1 aliphatic heterocycles. The maximum absolute atomic E-state index is 13.7. The highest BCUT2D eigenvalue weighted by atomic mass is 19.2. The van der Waals surface area contributed by atoms with E-state index in [4.69, 9.17) is 4.74 Å². The molecule has 2 N–H and O–H groups in total. The van der Waals surface area contributed by atoms with E-state index < -0.39 is 29.4 Å². The molecule has 0 unspecified atom stereocenters. The van der Waals surface area contributed by atoms with E-state index in [0.29, 0.717) is 37.4 Å². The molecule has 222 valence electrons. The molecule has 4 rings (SSSR count). The Kier molecular flexibility index (Phi) is 9.88. The van der Waals surface area contributed by atoms with Crippen LogP contribution in [0.1, 0.15) is 47.9 Å². The van der Waals surface area contributed by atoms with Crippen LogP contribution in [0.15, 0.2) is 54.6 Å². The number of anilines is 1. The number of hydrogen-bond acceptors (Lipinski definition) is 4. The second-order valence-corrected chi connectivity index (χ2v) is 10.7. The van der Waals surface area contributed by atoms with Crippen LogP contribution in [-0.4, -0.2) is 48.4 Å². The van der Waals surface area contributed by atoms with Gasteiger partial charge in [-0.25, -0.2) is 13.2 Å². The Morgan fingerprint density at radius 1 is 0.952 bits per heavy atom. The molecule has 1 aliphatic rings. The Bertz CT molecular complexity index is 1430. The van der Waals surface area contributed by atoms with E-state index in [1.807, 2.05) is 56.3 Å². The molecular formula is C32H34F3N3O4. The lowest BCUT2D eigenvalue weighted by Crippen LogP contribution is -2.51. The fourth-order valence-electron chi connectivity index (χ4n) is 5.10. The van der Waals surface area contributed by atoms with Crippen molar-refractivity contribution < 1.29 is 32.3 Å². The third kappa shape index (κ3) is 7.90. The van der Waals surface area contributed by atoms with E-state index in [-0.39, 0.29) is 36.3 Å². The number of aryl methyl sites for hydroxylation is 2. The first-order valence-corrected chi connectivity index (χ1v) is 13.8. The first kappa shape index (κ1) is 30.6. The molecular weight excluding hydrogens is 547 g/mol. The molecule has 0 saturated carbocycles. The Morgan fingerprint density at radius 3 is 2.21 bits per heavy atom. The number of nitrogens with zero attached hydrogens (tertiary/aromatic N) is 1. The van der Waals surface area contributed by atoms with Crippen molar-refractivity contribution in [3.8, 4) is 5.75 Å². The van der Waals surface area contributed by atoms with Gasteiger partial charge in [-0.15, -0.1) is 0 Å². The standard InChI is InChI=1S/C32H34F3N3O4/c1-19-4-5-20(2)29(14-19)42-18-30(40)37-25-8-6-23(7-9-25)24-10-12-38(13-11-24)32(41)28(36-21(3)39)17-22-15-26(33)31(35)27(34)16-22/h4-9,14-16,24,28H,10-13,17-18H2,1-3H3,(H,36,39)(H,37,40)/t28-/m1/s1. The van der Waals surface area contributed by atoms with Crippen LogP contribution in [0.3, 0.4) is 0 Å². The minimum Gasteiger partial charge on any atom is -0.483 e. The number of rotatable bonds is 9. The van der Waals surface area contributed by atoms with Crippen molar-refractivity contribution in [2.24, 2.45) is 0 Å². The third-order valence-electron chi connectivity index (χ3n) is 7.33. The predicted octanol–water partition coefficient (Wildman–Crippen LogP) is 5.19. The summed E-state index contributed by atoms with van der Waals surface area (Å²) >= 11 is 0. The molecule has 0 aliphatic carbocycles. The van der Waals surface area contributed by atoms with Gasteiger partial charge in [0, 0.05) is 32.1 Å². The third-order valence-corrected chi connectivity index (χ3v) is 7.33. The van der Waals surface area contributed by atoms with E-state index in [0.717, 1.165) is 28.8 Å². The Morgan fingerprint density at radius 2 is 1.60 bits per heavy atom. The van der Waals surface area contributed by atoms with E-state index in [9.17, 15) is 27.6 Å². The van der Waals surface area contributed by atoms with E-state index >= 15 is 0 Å². The van der Waals surface area contributed by atoms with Crippen molar-refractivity contribution in [1.82, 2.24) is 10.2 Å². The summed E-state index contributed by atoms with van der Waals surface area (Å²) in [7, 11) is 0. The summed E-state index contributed by atoms with van der Waals surface area (Å²) in [5.41, 5.74) is 3.79. The van der Waals surface area contributed by atoms with Gasteiger partial charge in [0.05, 0.1) is 0 Å². The van der Waals surface area contributed by atoms with Crippen molar-refractivity contribution in [3.63, 3.8) is 0 Å². The topological polar surface area (TPSA) is 87.7 Å². The number of likely N-dealkylation sites (tertiary alicyclic amines) is 1. The molecule has 1 atom stereocenters. The number of nitrogens with one attached hydrogen (secondary N) is 2. The number of ether oxygens (including phenoxy) is 1. The molecule has 3 aromatic rings. The highest BCUT2D eigenvalue weighted by Gasteiger charge is 2.30. The van der Waals surface area contributed by atoms with Gasteiger partial charge >= 0.3 is 0 Å². The average molecular weight is 582 g/mol. The Balaban J connectivity index is 1.30. The molecule has 1 saturated heterocycles. The highest BCUT2D eigenvalue weighted by Crippen LogP contribution is 2.29. The maximum Gasteiger partial charge on any atom is 0.262 e. The van der Waals surface area contributed by atoms with Crippen molar-refractivity contribution in [3.05, 3.63) is 94.3 Å². The van der Waals surface area contributed by atoms with Crippen LogP contribution >= 0.6 is 0 Å². The second kappa shape index (κ2) is 13.5. The van der Waals surface area contributed by atoms with Crippen molar-refractivity contribution in [2.45, 2.75) is 52.0 Å². The zero-order chi connectivity index (χ0) is 30.4. The Labute approximate surface area is 243 Å². The van der Waals surface area contributed by atoms with E-state index in [1.54, 1.807) is 4.90 Å². The monoisotopic (exact) mass is 581 g/mol. The fraction of sp³-hybridized carbons (Fsp3) is 0.344. The average Bonchev–Trinajstić information content (AvgIpc) is 2.96. The van der Waals surface area contributed by atoms with Gasteiger partial charge in [-0.2, -0.15) is 0 Å². The summed E-state index contributed by atoms with van der Waals surface area (Å²) in [6.07, 6.45) is 1.18. The number of hydrogen-bond donors (Lipinski definition) is 2. The first-order valence-electron chi connectivity index (χ1n) is 13.8. The van der Waals surface area contributed by atoms with Gasteiger partial charge in [0.25, 0.3) is 5.91 Å². The van der Waals surface area contributed by atoms with Crippen LogP contribution in [0, 0.1) is 31.3 Å². The van der Waals surface area contributed by atoms with Crippen LogP contribution < -0.4 is 15.4 Å². The molecule has 7 nitrogen and oxygen atoms in total. The SMILES string of the molecule is CC(=O)N[C@H](Cc1cc(F)c(F)c(F)c1)C(=O)N1CCC(c2ccc(NC(=O)COc3cc(C)ccc3C)cc2)CC1. The van der Waals surface area contributed by atoms with Gasteiger partial charge in [0.15, 0.2) is 24.1 Å². The number of carbonyl (C=O) groups excluding carboxylic acids is 3. The molecule has 3 aromatic carbocycles. The number of piperidine rings is 1. The highest BCUT2D eigenvalue weighted by molar-refractivity contribution is 5.92. The maximum atomic E-state index is 13.7. The van der Waals surface area contributed by atoms with Crippen LogP contribution in [-0.2, 0) is 20.8 Å². The first-order chi connectivity index (χ1) is 20.0. The molecule has 0 bridgehead atoms. The Hall–Kier alpha value is -4.34. The van der Waals surface area contributed by atoms with Gasteiger partial charge in [0.1, 0.15) is 11.8 Å². The molecule has 0 spiro atoms. The molecule has 0 radical (unpaired) electrons. The van der Waals surface area contributed by atoms with Crippen LogP contribution in [0.2, 0.25) is 0 Å². The van der Waals surface area contributed by atoms with Gasteiger partial charge in [-0.3, -0.25) is 14.4 Å². The number of amides is 3. The van der Waals surface area contributed by atoms with Gasteiger partial charge in [0.2, 0.25) is 11.8 Å². The summed E-state index contributed by atoms with van der Waals surface area (Å²) in [5, 5.41) is 5.39. The summed E-state index contributed by atoms with van der Waals surface area (Å²) in [6.45, 7) is 5.89. The molecule has 1 fully saturated rings. The molecule has 10 heteroatoms.